The molecule has 0 radical (unpaired) electrons. The number of esters is 1. The van der Waals surface area contributed by atoms with Gasteiger partial charge in [-0.15, -0.1) is 0 Å². The molecule has 3 aromatic carbocycles. The van der Waals surface area contributed by atoms with Gasteiger partial charge in [-0.1, -0.05) is 91.0 Å². The van der Waals surface area contributed by atoms with Crippen molar-refractivity contribution in [2.24, 2.45) is 0 Å². The Hall–Kier alpha value is -3.93. The number of hydrogen-bond acceptors (Lipinski definition) is 4. The zero-order chi connectivity index (χ0) is 23.0. The SMILES string of the molecule is CCOC(=O)C[C@@H](NC(=O)C(c1ccccc1)(c1ccccc1)c1ccccc1)C(=O)O. The smallest absolute Gasteiger partial charge is 0.326 e. The minimum atomic E-state index is -1.43. The summed E-state index contributed by atoms with van der Waals surface area (Å²) in [6.45, 7) is 1.76. The van der Waals surface area contributed by atoms with Gasteiger partial charge in [-0.25, -0.2) is 4.79 Å². The van der Waals surface area contributed by atoms with Crippen LogP contribution in [0.1, 0.15) is 30.0 Å². The van der Waals surface area contributed by atoms with Crippen LogP contribution in [0.15, 0.2) is 91.0 Å². The highest BCUT2D eigenvalue weighted by Gasteiger charge is 2.45. The minimum Gasteiger partial charge on any atom is -0.480 e. The largest absolute Gasteiger partial charge is 0.480 e. The van der Waals surface area contributed by atoms with E-state index in [1.54, 1.807) is 6.92 Å². The van der Waals surface area contributed by atoms with E-state index in [0.717, 1.165) is 0 Å². The molecule has 3 rings (SSSR count). The van der Waals surface area contributed by atoms with Gasteiger partial charge in [0.2, 0.25) is 5.91 Å². The first-order chi connectivity index (χ1) is 15.5. The van der Waals surface area contributed by atoms with E-state index in [4.69, 9.17) is 4.74 Å². The number of rotatable bonds is 9. The summed E-state index contributed by atoms with van der Waals surface area (Å²) in [6.07, 6.45) is -0.469. The van der Waals surface area contributed by atoms with Crippen LogP contribution in [0.4, 0.5) is 0 Å². The third-order valence-electron chi connectivity index (χ3n) is 5.24. The second-order valence-corrected chi connectivity index (χ2v) is 7.22. The van der Waals surface area contributed by atoms with Crippen molar-refractivity contribution in [3.8, 4) is 0 Å². The van der Waals surface area contributed by atoms with Gasteiger partial charge in [-0.05, 0) is 23.6 Å². The maximum atomic E-state index is 14.0. The molecule has 6 nitrogen and oxygen atoms in total. The molecule has 1 amide bonds. The van der Waals surface area contributed by atoms with E-state index in [1.165, 1.54) is 0 Å². The van der Waals surface area contributed by atoms with Gasteiger partial charge in [0.05, 0.1) is 13.0 Å². The highest BCUT2D eigenvalue weighted by molar-refractivity contribution is 5.98. The molecule has 0 aromatic heterocycles. The zero-order valence-electron chi connectivity index (χ0n) is 17.7. The maximum Gasteiger partial charge on any atom is 0.326 e. The van der Waals surface area contributed by atoms with Crippen LogP contribution in [0.5, 0.6) is 0 Å². The van der Waals surface area contributed by atoms with Crippen LogP contribution in [0.3, 0.4) is 0 Å². The number of nitrogens with one attached hydrogen (secondary N) is 1. The summed E-state index contributed by atoms with van der Waals surface area (Å²) in [5.74, 6) is -2.54. The molecule has 0 fully saturated rings. The number of amides is 1. The Morgan fingerprint density at radius 2 is 1.22 bits per heavy atom. The number of hydrogen-bond donors (Lipinski definition) is 2. The first-order valence-electron chi connectivity index (χ1n) is 10.4. The van der Waals surface area contributed by atoms with E-state index in [9.17, 15) is 19.5 Å². The van der Waals surface area contributed by atoms with Gasteiger partial charge in [0.1, 0.15) is 11.5 Å². The molecule has 0 spiro atoms. The number of aliphatic carboxylic acids is 1. The van der Waals surface area contributed by atoms with Crippen LogP contribution < -0.4 is 5.32 Å². The van der Waals surface area contributed by atoms with Crippen LogP contribution in [-0.2, 0) is 24.5 Å². The topological polar surface area (TPSA) is 92.7 Å². The molecule has 0 aliphatic rings. The molecule has 2 N–H and O–H groups in total. The second-order valence-electron chi connectivity index (χ2n) is 7.22. The van der Waals surface area contributed by atoms with Crippen molar-refractivity contribution in [2.75, 3.05) is 6.61 Å². The number of carboxylic acid groups (broad SMARTS) is 1. The lowest BCUT2D eigenvalue weighted by Gasteiger charge is -2.35. The number of carbonyl (C=O) groups excluding carboxylic acids is 2. The molecule has 1 atom stereocenters. The summed E-state index contributed by atoms with van der Waals surface area (Å²) in [5.41, 5.74) is 0.701. The third-order valence-corrected chi connectivity index (χ3v) is 5.24. The molecule has 0 aliphatic heterocycles. The molecule has 0 bridgehead atoms. The summed E-state index contributed by atoms with van der Waals surface area (Å²) in [4.78, 5) is 37.8. The van der Waals surface area contributed by atoms with E-state index >= 15 is 0 Å². The molecule has 0 unspecified atom stereocenters. The van der Waals surface area contributed by atoms with Crippen molar-refractivity contribution >= 4 is 17.8 Å². The monoisotopic (exact) mass is 431 g/mol. The number of ether oxygens (including phenoxy) is 1. The summed E-state index contributed by atoms with van der Waals surface area (Å²) < 4.78 is 4.89. The normalized spacial score (nSPS) is 11.9. The zero-order valence-corrected chi connectivity index (χ0v) is 17.7. The fraction of sp³-hybridized carbons (Fsp3) is 0.192. The van der Waals surface area contributed by atoms with Gasteiger partial charge in [0.15, 0.2) is 0 Å². The predicted molar refractivity (Wildman–Crippen MR) is 120 cm³/mol. The highest BCUT2D eigenvalue weighted by Crippen LogP contribution is 2.39. The average molecular weight is 431 g/mol. The van der Waals surface area contributed by atoms with Gasteiger partial charge < -0.3 is 15.2 Å². The van der Waals surface area contributed by atoms with E-state index in [-0.39, 0.29) is 6.61 Å². The standard InChI is InChI=1S/C26H25NO5/c1-2-32-23(28)18-22(24(29)30)27-25(31)26(19-12-6-3-7-13-19,20-14-8-4-9-15-20)21-16-10-5-11-17-21/h3-17,22H,2,18H2,1H3,(H,27,31)(H,29,30)/t22-/m1/s1. The van der Waals surface area contributed by atoms with Gasteiger partial charge in [-0.2, -0.15) is 0 Å². The number of benzene rings is 3. The maximum absolute atomic E-state index is 14.0. The van der Waals surface area contributed by atoms with E-state index < -0.39 is 35.7 Å². The molecule has 0 heterocycles. The predicted octanol–water partition coefficient (Wildman–Crippen LogP) is 3.54. The highest BCUT2D eigenvalue weighted by atomic mass is 16.5. The lowest BCUT2D eigenvalue weighted by molar-refractivity contribution is -0.150. The lowest BCUT2D eigenvalue weighted by atomic mass is 9.68. The molecular weight excluding hydrogens is 406 g/mol. The van der Waals surface area contributed by atoms with Crippen LogP contribution >= 0.6 is 0 Å². The average Bonchev–Trinajstić information content (AvgIpc) is 2.81. The summed E-state index contributed by atoms with van der Waals surface area (Å²) in [5, 5.41) is 12.3. The molecule has 0 saturated carbocycles. The Labute approximate surface area is 186 Å². The molecule has 32 heavy (non-hydrogen) atoms. The van der Waals surface area contributed by atoms with Crippen LogP contribution in [-0.4, -0.2) is 35.6 Å². The molecular formula is C26H25NO5. The summed E-state index contributed by atoms with van der Waals surface area (Å²) >= 11 is 0. The Balaban J connectivity index is 2.17. The molecule has 0 aliphatic carbocycles. The second kappa shape index (κ2) is 10.4. The summed E-state index contributed by atoms with van der Waals surface area (Å²) in [6, 6.07) is 26.1. The van der Waals surface area contributed by atoms with Crippen molar-refractivity contribution in [3.05, 3.63) is 108 Å². The van der Waals surface area contributed by atoms with Crippen LogP contribution in [0, 0.1) is 0 Å². The van der Waals surface area contributed by atoms with Crippen molar-refractivity contribution in [3.63, 3.8) is 0 Å². The minimum absolute atomic E-state index is 0.126. The first kappa shape index (κ1) is 22.7. The Kier molecular flexibility index (Phi) is 7.39. The Bertz CT molecular complexity index is 955. The molecule has 164 valence electrons. The number of carbonyl (C=O) groups is 3. The third kappa shape index (κ3) is 4.70. The van der Waals surface area contributed by atoms with Crippen LogP contribution in [0.2, 0.25) is 0 Å². The van der Waals surface area contributed by atoms with Crippen molar-refractivity contribution in [1.29, 1.82) is 0 Å². The Morgan fingerprint density at radius 3 is 1.56 bits per heavy atom. The first-order valence-corrected chi connectivity index (χ1v) is 10.4. The van der Waals surface area contributed by atoms with Gasteiger partial charge >= 0.3 is 11.9 Å². The van der Waals surface area contributed by atoms with Gasteiger partial charge in [0, 0.05) is 0 Å². The molecule has 0 saturated heterocycles. The van der Waals surface area contributed by atoms with Crippen molar-refractivity contribution < 1.29 is 24.2 Å². The van der Waals surface area contributed by atoms with Crippen molar-refractivity contribution in [1.82, 2.24) is 5.32 Å². The van der Waals surface area contributed by atoms with Gasteiger partial charge in [0.25, 0.3) is 0 Å². The fourth-order valence-electron chi connectivity index (χ4n) is 3.81. The molecule has 3 aromatic rings. The number of carboxylic acids is 1. The van der Waals surface area contributed by atoms with Crippen molar-refractivity contribution in [2.45, 2.75) is 24.8 Å². The van der Waals surface area contributed by atoms with E-state index in [2.05, 4.69) is 5.32 Å². The lowest BCUT2D eigenvalue weighted by Crippen LogP contribution is -2.52. The quantitative estimate of drug-likeness (QED) is 0.399. The summed E-state index contributed by atoms with van der Waals surface area (Å²) in [7, 11) is 0. The van der Waals surface area contributed by atoms with Gasteiger partial charge in [-0.3, -0.25) is 9.59 Å². The van der Waals surface area contributed by atoms with E-state index in [0.29, 0.717) is 16.7 Å². The van der Waals surface area contributed by atoms with E-state index in [1.807, 2.05) is 91.0 Å². The molecule has 6 heteroatoms. The Morgan fingerprint density at radius 1 is 0.812 bits per heavy atom. The fourth-order valence-corrected chi connectivity index (χ4v) is 3.81. The van der Waals surface area contributed by atoms with Crippen LogP contribution in [0.25, 0.3) is 0 Å².